The molecule has 1 aliphatic carbocycles. The number of carbonyl (C=O) groups excluding carboxylic acids is 2. The predicted octanol–water partition coefficient (Wildman–Crippen LogP) is 3.77. The molecule has 4 rings (SSSR count). The third kappa shape index (κ3) is 3.67. The number of amides is 2. The standard InChI is InChI=1S/C20H24N4O3/c1-13(14-6-8-16(9-7-14)24-10-11-27-20(24)26)19(25)21-18-12-17(22-23-18)15-4-2-3-5-15/h6-9,12-13,15H,2-5,10-11H2,1H3,(H2,21,22,23,25)/t13-/m1/s1. The summed E-state index contributed by atoms with van der Waals surface area (Å²) in [6.45, 7) is 2.82. The topological polar surface area (TPSA) is 87.3 Å². The van der Waals surface area contributed by atoms with Gasteiger partial charge in [-0.05, 0) is 37.5 Å². The van der Waals surface area contributed by atoms with E-state index in [-0.39, 0.29) is 17.9 Å². The third-order valence-electron chi connectivity index (χ3n) is 5.50. The number of nitrogens with one attached hydrogen (secondary N) is 2. The highest BCUT2D eigenvalue weighted by molar-refractivity contribution is 5.95. The number of nitrogens with zero attached hydrogens (tertiary/aromatic N) is 2. The Bertz CT molecular complexity index is 824. The van der Waals surface area contributed by atoms with Crippen LogP contribution in [-0.4, -0.2) is 35.3 Å². The number of carbonyl (C=O) groups is 2. The largest absolute Gasteiger partial charge is 0.447 e. The van der Waals surface area contributed by atoms with Gasteiger partial charge in [-0.25, -0.2) is 4.79 Å². The number of aromatic amines is 1. The Labute approximate surface area is 158 Å². The Balaban J connectivity index is 1.39. The molecule has 0 spiro atoms. The van der Waals surface area contributed by atoms with Gasteiger partial charge in [0.1, 0.15) is 6.61 Å². The second-order valence-corrected chi connectivity index (χ2v) is 7.26. The van der Waals surface area contributed by atoms with E-state index in [4.69, 9.17) is 4.74 Å². The fourth-order valence-corrected chi connectivity index (χ4v) is 3.80. The monoisotopic (exact) mass is 368 g/mol. The average Bonchev–Trinajstić information content (AvgIpc) is 3.42. The van der Waals surface area contributed by atoms with E-state index in [1.54, 1.807) is 4.90 Å². The molecule has 142 valence electrons. The zero-order chi connectivity index (χ0) is 18.8. The van der Waals surface area contributed by atoms with Crippen molar-refractivity contribution in [1.82, 2.24) is 10.2 Å². The average molecular weight is 368 g/mol. The fraction of sp³-hybridized carbons (Fsp3) is 0.450. The van der Waals surface area contributed by atoms with Crippen LogP contribution >= 0.6 is 0 Å². The molecule has 0 radical (unpaired) electrons. The van der Waals surface area contributed by atoms with Crippen molar-refractivity contribution in [3.63, 3.8) is 0 Å². The van der Waals surface area contributed by atoms with Crippen molar-refractivity contribution in [3.8, 4) is 0 Å². The van der Waals surface area contributed by atoms with Crippen molar-refractivity contribution < 1.29 is 14.3 Å². The van der Waals surface area contributed by atoms with E-state index in [1.807, 2.05) is 37.3 Å². The van der Waals surface area contributed by atoms with Crippen LogP contribution in [0.15, 0.2) is 30.3 Å². The summed E-state index contributed by atoms with van der Waals surface area (Å²) in [6, 6.07) is 9.39. The molecule has 2 amide bonds. The van der Waals surface area contributed by atoms with E-state index < -0.39 is 0 Å². The summed E-state index contributed by atoms with van der Waals surface area (Å²) in [5, 5.41) is 10.2. The second kappa shape index (κ2) is 7.42. The fourth-order valence-electron chi connectivity index (χ4n) is 3.80. The number of aromatic nitrogens is 2. The Hall–Kier alpha value is -2.83. The summed E-state index contributed by atoms with van der Waals surface area (Å²) in [7, 11) is 0. The molecule has 2 heterocycles. The van der Waals surface area contributed by atoms with E-state index in [9.17, 15) is 9.59 Å². The van der Waals surface area contributed by atoms with Gasteiger partial charge in [-0.2, -0.15) is 5.10 Å². The first kappa shape index (κ1) is 17.6. The quantitative estimate of drug-likeness (QED) is 0.841. The highest BCUT2D eigenvalue weighted by atomic mass is 16.6. The van der Waals surface area contributed by atoms with Gasteiger partial charge in [-0.1, -0.05) is 25.0 Å². The molecule has 0 bridgehead atoms. The number of ether oxygens (including phenoxy) is 1. The van der Waals surface area contributed by atoms with Gasteiger partial charge in [-0.3, -0.25) is 14.8 Å². The third-order valence-corrected chi connectivity index (χ3v) is 5.50. The maximum atomic E-state index is 12.6. The molecule has 1 aromatic carbocycles. The highest BCUT2D eigenvalue weighted by Gasteiger charge is 2.24. The Morgan fingerprint density at radius 1 is 1.30 bits per heavy atom. The molecule has 1 atom stereocenters. The molecule has 1 saturated heterocycles. The van der Waals surface area contributed by atoms with E-state index in [2.05, 4.69) is 15.5 Å². The number of hydrogen-bond donors (Lipinski definition) is 2. The summed E-state index contributed by atoms with van der Waals surface area (Å²) >= 11 is 0. The van der Waals surface area contributed by atoms with Gasteiger partial charge in [-0.15, -0.1) is 0 Å². The van der Waals surface area contributed by atoms with Crippen molar-refractivity contribution in [1.29, 1.82) is 0 Å². The van der Waals surface area contributed by atoms with Crippen LogP contribution in [0.1, 0.15) is 55.7 Å². The van der Waals surface area contributed by atoms with Crippen molar-refractivity contribution >= 4 is 23.5 Å². The van der Waals surface area contributed by atoms with E-state index >= 15 is 0 Å². The number of rotatable bonds is 5. The first-order chi connectivity index (χ1) is 13.1. The number of anilines is 2. The van der Waals surface area contributed by atoms with Crippen molar-refractivity contribution in [2.75, 3.05) is 23.4 Å². The lowest BCUT2D eigenvalue weighted by atomic mass is 10.00. The van der Waals surface area contributed by atoms with E-state index in [0.29, 0.717) is 24.9 Å². The molecule has 0 unspecified atom stereocenters. The number of cyclic esters (lactones) is 1. The molecule has 1 aliphatic heterocycles. The molecular formula is C20H24N4O3. The molecule has 7 heteroatoms. The minimum Gasteiger partial charge on any atom is -0.447 e. The Morgan fingerprint density at radius 2 is 2.04 bits per heavy atom. The van der Waals surface area contributed by atoms with Crippen molar-refractivity contribution in [2.24, 2.45) is 0 Å². The lowest BCUT2D eigenvalue weighted by molar-refractivity contribution is -0.117. The van der Waals surface area contributed by atoms with Gasteiger partial charge in [0.15, 0.2) is 5.82 Å². The van der Waals surface area contributed by atoms with Crippen LogP contribution in [0, 0.1) is 0 Å². The lowest BCUT2D eigenvalue weighted by Gasteiger charge is -2.15. The molecule has 2 aliphatic rings. The smallest absolute Gasteiger partial charge is 0.414 e. The first-order valence-electron chi connectivity index (χ1n) is 9.52. The maximum Gasteiger partial charge on any atom is 0.414 e. The normalized spacial score (nSPS) is 18.6. The second-order valence-electron chi connectivity index (χ2n) is 7.26. The van der Waals surface area contributed by atoms with Gasteiger partial charge in [0.2, 0.25) is 5.91 Å². The van der Waals surface area contributed by atoms with Gasteiger partial charge in [0.05, 0.1) is 12.5 Å². The molecule has 2 N–H and O–H groups in total. The lowest BCUT2D eigenvalue weighted by Crippen LogP contribution is -2.23. The molecule has 2 aromatic rings. The van der Waals surface area contributed by atoms with Crippen LogP contribution < -0.4 is 10.2 Å². The van der Waals surface area contributed by atoms with E-state index in [0.717, 1.165) is 16.9 Å². The summed E-state index contributed by atoms with van der Waals surface area (Å²) < 4.78 is 4.95. The highest BCUT2D eigenvalue weighted by Crippen LogP contribution is 2.33. The summed E-state index contributed by atoms with van der Waals surface area (Å²) in [6.07, 6.45) is 4.55. The molecule has 27 heavy (non-hydrogen) atoms. The van der Waals surface area contributed by atoms with Crippen LogP contribution in [0.2, 0.25) is 0 Å². The van der Waals surface area contributed by atoms with Gasteiger partial charge < -0.3 is 10.1 Å². The van der Waals surface area contributed by atoms with Crippen LogP contribution in [0.5, 0.6) is 0 Å². The first-order valence-corrected chi connectivity index (χ1v) is 9.52. The van der Waals surface area contributed by atoms with Crippen LogP contribution in [0.25, 0.3) is 0 Å². The molecule has 1 saturated carbocycles. The summed E-state index contributed by atoms with van der Waals surface area (Å²) in [5.74, 6) is 0.680. The zero-order valence-electron chi connectivity index (χ0n) is 15.4. The number of hydrogen-bond acceptors (Lipinski definition) is 4. The van der Waals surface area contributed by atoms with Gasteiger partial charge >= 0.3 is 6.09 Å². The van der Waals surface area contributed by atoms with Crippen molar-refractivity contribution in [2.45, 2.75) is 44.4 Å². The Morgan fingerprint density at radius 3 is 2.70 bits per heavy atom. The van der Waals surface area contributed by atoms with Gasteiger partial charge in [0, 0.05) is 23.4 Å². The SMILES string of the molecule is C[C@@H](C(=O)Nc1cc(C2CCCC2)[nH]n1)c1ccc(N2CCOC2=O)cc1. The van der Waals surface area contributed by atoms with Crippen LogP contribution in [0.3, 0.4) is 0 Å². The van der Waals surface area contributed by atoms with Crippen molar-refractivity contribution in [3.05, 3.63) is 41.6 Å². The van der Waals surface area contributed by atoms with Crippen LogP contribution in [0.4, 0.5) is 16.3 Å². The van der Waals surface area contributed by atoms with E-state index in [1.165, 1.54) is 25.7 Å². The predicted molar refractivity (Wildman–Crippen MR) is 102 cm³/mol. The minimum absolute atomic E-state index is 0.104. The van der Waals surface area contributed by atoms with Crippen LogP contribution in [-0.2, 0) is 9.53 Å². The Kier molecular flexibility index (Phi) is 4.83. The van der Waals surface area contributed by atoms with Gasteiger partial charge in [0.25, 0.3) is 0 Å². The molecule has 1 aromatic heterocycles. The molecule has 2 fully saturated rings. The minimum atomic E-state index is -0.329. The number of H-pyrrole nitrogens is 1. The molecule has 7 nitrogen and oxygen atoms in total. The molecular weight excluding hydrogens is 344 g/mol. The number of benzene rings is 1. The zero-order valence-corrected chi connectivity index (χ0v) is 15.4. The maximum absolute atomic E-state index is 12.6. The summed E-state index contributed by atoms with van der Waals surface area (Å²) in [4.78, 5) is 25.8. The summed E-state index contributed by atoms with van der Waals surface area (Å²) in [5.41, 5.74) is 2.77.